The number of allylic oxidation sites excluding steroid dienone is 2. The fraction of sp³-hybridized carbons (Fsp3) is 0.190. The van der Waals surface area contributed by atoms with E-state index in [1.807, 2.05) is 0 Å². The van der Waals surface area contributed by atoms with E-state index in [1.54, 1.807) is 0 Å². The van der Waals surface area contributed by atoms with Crippen molar-refractivity contribution in [1.29, 1.82) is 0 Å². The first kappa shape index (κ1) is 30.0. The maximum Gasteiger partial charge on any atom is 0.490 e. The van der Waals surface area contributed by atoms with Crippen molar-refractivity contribution in [3.05, 3.63) is 163 Å². The molecule has 0 aromatic heterocycles. The van der Waals surface area contributed by atoms with E-state index >= 15 is 0 Å². The van der Waals surface area contributed by atoms with Gasteiger partial charge in [-0.1, -0.05) is 133 Å². The van der Waals surface area contributed by atoms with E-state index in [1.165, 1.54) is 33.4 Å². The Morgan fingerprint density at radius 3 is 1.28 bits per heavy atom. The van der Waals surface area contributed by atoms with Crippen LogP contribution >= 0.6 is 0 Å². The van der Waals surface area contributed by atoms with Crippen LogP contribution in [-0.2, 0) is 9.31 Å². The third-order valence-corrected chi connectivity index (χ3v) is 9.85. The van der Waals surface area contributed by atoms with Crippen molar-refractivity contribution in [2.45, 2.75) is 50.8 Å². The molecular formula is C42H40BNO2. The fourth-order valence-electron chi connectivity index (χ4n) is 6.48. The number of rotatable bonds is 7. The molecule has 5 aromatic carbocycles. The zero-order valence-electron chi connectivity index (χ0n) is 27.1. The average Bonchev–Trinajstić information content (AvgIpc) is 3.33. The molecule has 1 atom stereocenters. The second kappa shape index (κ2) is 11.9. The molecule has 46 heavy (non-hydrogen) atoms. The van der Waals surface area contributed by atoms with E-state index in [9.17, 15) is 0 Å². The van der Waals surface area contributed by atoms with Crippen LogP contribution in [0, 0.1) is 0 Å². The summed E-state index contributed by atoms with van der Waals surface area (Å²) >= 11 is 0. The third kappa shape index (κ3) is 5.53. The van der Waals surface area contributed by atoms with Gasteiger partial charge in [0.15, 0.2) is 0 Å². The van der Waals surface area contributed by atoms with E-state index in [0.29, 0.717) is 6.42 Å². The quantitative estimate of drug-likeness (QED) is 0.173. The molecule has 3 nitrogen and oxygen atoms in total. The molecule has 5 aromatic rings. The van der Waals surface area contributed by atoms with Gasteiger partial charge in [-0.3, -0.25) is 0 Å². The molecule has 1 aliphatic heterocycles. The summed E-state index contributed by atoms with van der Waals surface area (Å²) in [6.45, 7) is 8.52. The summed E-state index contributed by atoms with van der Waals surface area (Å²) in [5.74, 6) is 0. The summed E-state index contributed by atoms with van der Waals surface area (Å²) in [5, 5.41) is 0. The molecule has 0 N–H and O–H groups in total. The molecule has 1 saturated heterocycles. The minimum Gasteiger partial charge on any atom is -0.401 e. The Hall–Kier alpha value is -4.64. The van der Waals surface area contributed by atoms with Gasteiger partial charge in [-0.2, -0.15) is 0 Å². The van der Waals surface area contributed by atoms with Crippen molar-refractivity contribution < 1.29 is 9.31 Å². The van der Waals surface area contributed by atoms with Gasteiger partial charge in [0.2, 0.25) is 0 Å². The highest BCUT2D eigenvalue weighted by Crippen LogP contribution is 2.48. The highest BCUT2D eigenvalue weighted by Gasteiger charge is 2.61. The molecule has 1 fully saturated rings. The largest absolute Gasteiger partial charge is 0.490 e. The van der Waals surface area contributed by atoms with Crippen LogP contribution < -0.4 is 4.90 Å². The van der Waals surface area contributed by atoms with Gasteiger partial charge in [0.25, 0.3) is 0 Å². The van der Waals surface area contributed by atoms with Gasteiger partial charge in [0.1, 0.15) is 5.44 Å². The average molecular weight is 602 g/mol. The summed E-state index contributed by atoms with van der Waals surface area (Å²) in [7, 11) is -0.523. The summed E-state index contributed by atoms with van der Waals surface area (Å²) in [4.78, 5) is 2.42. The molecule has 1 unspecified atom stereocenters. The second-order valence-corrected chi connectivity index (χ2v) is 13.3. The van der Waals surface area contributed by atoms with E-state index in [0.717, 1.165) is 11.4 Å². The summed E-state index contributed by atoms with van der Waals surface area (Å²) in [6, 6.07) is 49.4. The number of benzene rings is 5. The van der Waals surface area contributed by atoms with Gasteiger partial charge in [-0.25, -0.2) is 0 Å². The predicted octanol–water partition coefficient (Wildman–Crippen LogP) is 10.6. The first-order valence-electron chi connectivity index (χ1n) is 16.2. The fourth-order valence-corrected chi connectivity index (χ4v) is 6.48. The second-order valence-electron chi connectivity index (χ2n) is 13.3. The zero-order valence-corrected chi connectivity index (χ0v) is 27.1. The van der Waals surface area contributed by atoms with Crippen LogP contribution in [0.4, 0.5) is 11.4 Å². The molecule has 0 saturated carbocycles. The van der Waals surface area contributed by atoms with Crippen LogP contribution in [0.25, 0.3) is 27.8 Å². The first-order chi connectivity index (χ1) is 22.3. The Kier molecular flexibility index (Phi) is 7.80. The van der Waals surface area contributed by atoms with E-state index < -0.39 is 23.8 Å². The maximum atomic E-state index is 6.91. The number of anilines is 2. The molecule has 0 amide bonds. The lowest BCUT2D eigenvalue weighted by Gasteiger charge is -2.45. The van der Waals surface area contributed by atoms with Crippen molar-refractivity contribution in [1.82, 2.24) is 0 Å². The highest BCUT2D eigenvalue weighted by molar-refractivity contribution is 6.52. The van der Waals surface area contributed by atoms with Gasteiger partial charge in [-0.15, -0.1) is 0 Å². The Labute approximate surface area is 274 Å². The molecule has 0 spiro atoms. The first-order valence-corrected chi connectivity index (χ1v) is 16.2. The van der Waals surface area contributed by atoms with Crippen molar-refractivity contribution in [3.63, 3.8) is 0 Å². The van der Waals surface area contributed by atoms with Crippen molar-refractivity contribution in [3.8, 4) is 22.3 Å². The number of hydrogen-bond donors (Lipinski definition) is 0. The predicted molar refractivity (Wildman–Crippen MR) is 193 cm³/mol. The van der Waals surface area contributed by atoms with Crippen LogP contribution in [0.1, 0.15) is 39.7 Å². The van der Waals surface area contributed by atoms with Gasteiger partial charge < -0.3 is 14.2 Å². The topological polar surface area (TPSA) is 21.7 Å². The van der Waals surface area contributed by atoms with Crippen LogP contribution in [0.2, 0.25) is 0 Å². The maximum absolute atomic E-state index is 6.91. The third-order valence-electron chi connectivity index (χ3n) is 9.85. The van der Waals surface area contributed by atoms with Crippen LogP contribution in [-0.4, -0.2) is 23.8 Å². The Bertz CT molecular complexity index is 1750. The Balaban J connectivity index is 1.37. The van der Waals surface area contributed by atoms with Gasteiger partial charge in [0, 0.05) is 11.4 Å². The minimum absolute atomic E-state index is 0.484. The SMILES string of the molecule is CC1(C)OB(C2(N(c3ccc(-c4ccccc4)cc3)c3ccc(-c4ccccc4)cc3)C=CC(c3ccccc3)=CC2)OC1(C)C. The summed E-state index contributed by atoms with van der Waals surface area (Å²) in [5.41, 5.74) is 7.67. The van der Waals surface area contributed by atoms with Crippen molar-refractivity contribution >= 4 is 24.1 Å². The molecule has 7 rings (SSSR count). The molecule has 1 heterocycles. The zero-order chi connectivity index (χ0) is 31.8. The Morgan fingerprint density at radius 1 is 0.500 bits per heavy atom. The van der Waals surface area contributed by atoms with E-state index in [2.05, 4.69) is 190 Å². The number of hydrogen-bond acceptors (Lipinski definition) is 3. The molecular weight excluding hydrogens is 561 g/mol. The van der Waals surface area contributed by atoms with Crippen LogP contribution in [0.15, 0.2) is 158 Å². The van der Waals surface area contributed by atoms with Gasteiger partial charge in [-0.05, 0) is 91.8 Å². The minimum atomic E-state index is -0.661. The summed E-state index contributed by atoms with van der Waals surface area (Å²) in [6.07, 6.45) is 7.59. The molecule has 2 aliphatic rings. The Morgan fingerprint density at radius 2 is 0.891 bits per heavy atom. The molecule has 1 aliphatic carbocycles. The lowest BCUT2D eigenvalue weighted by Crippen LogP contribution is -2.58. The van der Waals surface area contributed by atoms with E-state index in [-0.39, 0.29) is 0 Å². The lowest BCUT2D eigenvalue weighted by atomic mass is 9.58. The summed E-state index contributed by atoms with van der Waals surface area (Å²) < 4.78 is 13.8. The smallest absolute Gasteiger partial charge is 0.401 e. The molecule has 228 valence electrons. The van der Waals surface area contributed by atoms with E-state index in [4.69, 9.17) is 9.31 Å². The monoisotopic (exact) mass is 601 g/mol. The van der Waals surface area contributed by atoms with Crippen LogP contribution in [0.3, 0.4) is 0 Å². The lowest BCUT2D eigenvalue weighted by molar-refractivity contribution is 0.00578. The molecule has 4 heteroatoms. The van der Waals surface area contributed by atoms with Crippen molar-refractivity contribution in [2.75, 3.05) is 4.90 Å². The normalized spacial score (nSPS) is 19.9. The number of nitrogens with zero attached hydrogens (tertiary/aromatic N) is 1. The molecule has 0 radical (unpaired) electrons. The van der Waals surface area contributed by atoms with Gasteiger partial charge >= 0.3 is 7.12 Å². The van der Waals surface area contributed by atoms with Crippen molar-refractivity contribution in [2.24, 2.45) is 0 Å². The highest BCUT2D eigenvalue weighted by atomic mass is 16.7. The van der Waals surface area contributed by atoms with Gasteiger partial charge in [0.05, 0.1) is 11.2 Å². The van der Waals surface area contributed by atoms with Crippen LogP contribution in [0.5, 0.6) is 0 Å². The standard InChI is InChI=1S/C42H40BNO2/c1-40(2)41(3,4)46-43(45-40)42(30-28-37(29-31-42)34-18-12-7-13-19-34)44(38-24-20-35(21-25-38)32-14-8-5-9-15-32)39-26-22-36(23-27-39)33-16-10-6-11-17-33/h5-30H,31H2,1-4H3. The molecule has 0 bridgehead atoms.